The van der Waals surface area contributed by atoms with Crippen LogP contribution in [-0.2, 0) is 19.5 Å². The number of rotatable bonds is 6. The van der Waals surface area contributed by atoms with Gasteiger partial charge in [-0.1, -0.05) is 0 Å². The van der Waals surface area contributed by atoms with E-state index >= 15 is 0 Å². The number of nitrogens with one attached hydrogen (secondary N) is 1. The monoisotopic (exact) mass is 284 g/mol. The van der Waals surface area contributed by atoms with E-state index in [9.17, 15) is 0 Å². The summed E-state index contributed by atoms with van der Waals surface area (Å²) >= 11 is 1.71. The van der Waals surface area contributed by atoms with Crippen molar-refractivity contribution >= 4 is 17.2 Å². The summed E-state index contributed by atoms with van der Waals surface area (Å²) in [6.45, 7) is 1.70. The zero-order chi connectivity index (χ0) is 13.6. The Morgan fingerprint density at radius 3 is 2.80 bits per heavy atom. The van der Waals surface area contributed by atoms with Crippen LogP contribution in [0.15, 0.2) is 53.6 Å². The van der Waals surface area contributed by atoms with Gasteiger partial charge in [0.15, 0.2) is 0 Å². The highest BCUT2D eigenvalue weighted by atomic mass is 32.1. The Morgan fingerprint density at radius 2 is 2.00 bits per heavy atom. The Balaban J connectivity index is 1.51. The summed E-state index contributed by atoms with van der Waals surface area (Å²) in [7, 11) is 0. The van der Waals surface area contributed by atoms with Crippen molar-refractivity contribution < 1.29 is 0 Å². The lowest BCUT2D eigenvalue weighted by atomic mass is 10.2. The van der Waals surface area contributed by atoms with Crippen LogP contribution >= 0.6 is 11.3 Å². The third-order valence-corrected chi connectivity index (χ3v) is 3.81. The molecule has 0 unspecified atom stereocenters. The van der Waals surface area contributed by atoms with Crippen molar-refractivity contribution in [1.82, 2.24) is 14.8 Å². The lowest BCUT2D eigenvalue weighted by Gasteiger charge is -2.02. The number of nitrogens with zero attached hydrogens (tertiary/aromatic N) is 3. The highest BCUT2D eigenvalue weighted by Gasteiger charge is 2.00. The van der Waals surface area contributed by atoms with Crippen molar-refractivity contribution in [3.63, 3.8) is 0 Å². The van der Waals surface area contributed by atoms with Crippen LogP contribution in [0.1, 0.15) is 11.1 Å². The van der Waals surface area contributed by atoms with Crippen molar-refractivity contribution in [2.45, 2.75) is 19.5 Å². The number of thiophene rings is 1. The molecular weight excluding hydrogens is 268 g/mol. The second kappa shape index (κ2) is 6.34. The first kappa shape index (κ1) is 12.9. The Morgan fingerprint density at radius 1 is 1.10 bits per heavy atom. The molecule has 0 radical (unpaired) electrons. The van der Waals surface area contributed by atoms with Crippen LogP contribution in [0.3, 0.4) is 0 Å². The lowest BCUT2D eigenvalue weighted by Crippen LogP contribution is -2.04. The predicted octanol–water partition coefficient (Wildman–Crippen LogP) is 3.19. The molecule has 3 heterocycles. The second-order valence-electron chi connectivity index (χ2n) is 4.55. The number of aromatic nitrogens is 3. The summed E-state index contributed by atoms with van der Waals surface area (Å²) < 4.78 is 1.97. The van der Waals surface area contributed by atoms with Crippen molar-refractivity contribution in [3.8, 4) is 0 Å². The van der Waals surface area contributed by atoms with E-state index in [1.807, 2.05) is 41.5 Å². The van der Waals surface area contributed by atoms with Gasteiger partial charge in [-0.25, -0.2) is 0 Å². The van der Waals surface area contributed by atoms with Gasteiger partial charge in [0.2, 0.25) is 0 Å². The summed E-state index contributed by atoms with van der Waals surface area (Å²) in [5.74, 6) is 0.922. The molecule has 0 saturated heterocycles. The standard InChI is InChI=1S/C15H16N4S/c1-6-16-7-2-13(1)3-8-19-9-4-15(18-19)17-11-14-5-10-20-12-14/h1-2,4-7,9-10,12H,3,8,11H2,(H,17,18). The average molecular weight is 284 g/mol. The maximum Gasteiger partial charge on any atom is 0.148 e. The largest absolute Gasteiger partial charge is 0.364 e. The van der Waals surface area contributed by atoms with E-state index in [0.717, 1.165) is 25.3 Å². The van der Waals surface area contributed by atoms with Crippen molar-refractivity contribution in [3.05, 3.63) is 64.7 Å². The number of hydrogen-bond donors (Lipinski definition) is 1. The molecular formula is C15H16N4S. The van der Waals surface area contributed by atoms with E-state index in [1.165, 1.54) is 11.1 Å². The van der Waals surface area contributed by atoms with Gasteiger partial charge in [0.05, 0.1) is 0 Å². The SMILES string of the molecule is c1cc(CCn2ccc(NCc3ccsc3)n2)ccn1. The summed E-state index contributed by atoms with van der Waals surface area (Å²) in [6, 6.07) is 8.22. The summed E-state index contributed by atoms with van der Waals surface area (Å²) in [6.07, 6.45) is 6.63. The molecule has 3 rings (SSSR count). The molecule has 0 aliphatic carbocycles. The van der Waals surface area contributed by atoms with Crippen molar-refractivity contribution in [1.29, 1.82) is 0 Å². The first-order chi connectivity index (χ1) is 9.90. The fraction of sp³-hybridized carbons (Fsp3) is 0.200. The molecule has 1 N–H and O–H groups in total. The van der Waals surface area contributed by atoms with E-state index in [-0.39, 0.29) is 0 Å². The Bertz CT molecular complexity index is 631. The lowest BCUT2D eigenvalue weighted by molar-refractivity contribution is 0.616. The minimum Gasteiger partial charge on any atom is -0.364 e. The molecule has 0 bridgehead atoms. The summed E-state index contributed by atoms with van der Waals surface area (Å²) in [5.41, 5.74) is 2.57. The molecule has 0 saturated carbocycles. The molecule has 20 heavy (non-hydrogen) atoms. The highest BCUT2D eigenvalue weighted by Crippen LogP contribution is 2.10. The van der Waals surface area contributed by atoms with E-state index < -0.39 is 0 Å². The normalized spacial score (nSPS) is 10.6. The van der Waals surface area contributed by atoms with Gasteiger partial charge >= 0.3 is 0 Å². The number of pyridine rings is 1. The molecule has 0 amide bonds. The molecule has 0 aliphatic heterocycles. The van der Waals surface area contributed by atoms with Gasteiger partial charge in [-0.2, -0.15) is 16.4 Å². The van der Waals surface area contributed by atoms with E-state index in [4.69, 9.17) is 0 Å². The van der Waals surface area contributed by atoms with E-state index in [1.54, 1.807) is 11.3 Å². The van der Waals surface area contributed by atoms with Crippen LogP contribution in [-0.4, -0.2) is 14.8 Å². The van der Waals surface area contributed by atoms with E-state index in [2.05, 4.69) is 32.2 Å². The van der Waals surface area contributed by atoms with Gasteiger partial charge in [-0.3, -0.25) is 9.67 Å². The molecule has 0 fully saturated rings. The minimum absolute atomic E-state index is 0.824. The molecule has 0 aromatic carbocycles. The van der Waals surface area contributed by atoms with Crippen molar-refractivity contribution in [2.24, 2.45) is 0 Å². The molecule has 4 nitrogen and oxygen atoms in total. The highest BCUT2D eigenvalue weighted by molar-refractivity contribution is 7.07. The Kier molecular flexibility index (Phi) is 4.08. The van der Waals surface area contributed by atoms with Crippen LogP contribution in [0.2, 0.25) is 0 Å². The zero-order valence-electron chi connectivity index (χ0n) is 11.1. The Labute approximate surface area is 122 Å². The predicted molar refractivity (Wildman–Crippen MR) is 81.8 cm³/mol. The summed E-state index contributed by atoms with van der Waals surface area (Å²) in [5, 5.41) is 12.1. The molecule has 0 atom stereocenters. The smallest absolute Gasteiger partial charge is 0.148 e. The maximum atomic E-state index is 4.52. The van der Waals surface area contributed by atoms with Crippen LogP contribution in [0.25, 0.3) is 0 Å². The molecule has 5 heteroatoms. The van der Waals surface area contributed by atoms with Crippen molar-refractivity contribution in [2.75, 3.05) is 5.32 Å². The number of aryl methyl sites for hydroxylation is 2. The fourth-order valence-corrected chi connectivity index (χ4v) is 2.63. The third kappa shape index (κ3) is 3.45. The van der Waals surface area contributed by atoms with Crippen LogP contribution in [0.5, 0.6) is 0 Å². The first-order valence-electron chi connectivity index (χ1n) is 6.57. The van der Waals surface area contributed by atoms with Gasteiger partial charge < -0.3 is 5.32 Å². The summed E-state index contributed by atoms with van der Waals surface area (Å²) in [4.78, 5) is 4.02. The van der Waals surface area contributed by atoms with Crippen LogP contribution in [0, 0.1) is 0 Å². The van der Waals surface area contributed by atoms with Gasteiger partial charge in [0.1, 0.15) is 5.82 Å². The zero-order valence-corrected chi connectivity index (χ0v) is 11.9. The Hall–Kier alpha value is -2.14. The quantitative estimate of drug-likeness (QED) is 0.756. The average Bonchev–Trinajstić information content (AvgIpc) is 3.16. The number of anilines is 1. The molecule has 102 valence electrons. The van der Waals surface area contributed by atoms with Gasteiger partial charge in [-0.15, -0.1) is 0 Å². The van der Waals surface area contributed by atoms with Gasteiger partial charge in [0.25, 0.3) is 0 Å². The van der Waals surface area contributed by atoms with Gasteiger partial charge in [-0.05, 0) is 46.5 Å². The molecule has 0 aliphatic rings. The maximum absolute atomic E-state index is 4.52. The third-order valence-electron chi connectivity index (χ3n) is 3.07. The van der Waals surface area contributed by atoms with Crippen LogP contribution in [0.4, 0.5) is 5.82 Å². The number of hydrogen-bond acceptors (Lipinski definition) is 4. The minimum atomic E-state index is 0.824. The first-order valence-corrected chi connectivity index (χ1v) is 7.52. The molecule has 0 spiro atoms. The van der Waals surface area contributed by atoms with Crippen LogP contribution < -0.4 is 5.32 Å². The molecule has 3 aromatic heterocycles. The second-order valence-corrected chi connectivity index (χ2v) is 5.33. The topological polar surface area (TPSA) is 42.7 Å². The van der Waals surface area contributed by atoms with E-state index in [0.29, 0.717) is 0 Å². The van der Waals surface area contributed by atoms with Gasteiger partial charge in [0, 0.05) is 37.7 Å². The molecule has 3 aromatic rings. The fourth-order valence-electron chi connectivity index (χ4n) is 1.96.